The van der Waals surface area contributed by atoms with E-state index in [2.05, 4.69) is 172 Å². The highest BCUT2D eigenvalue weighted by Crippen LogP contribution is 2.43. The molecule has 0 rings (SSSR count). The molecular formula is C71H116NO8P. The molecule has 2 atom stereocenters. The van der Waals surface area contributed by atoms with Gasteiger partial charge in [-0.1, -0.05) is 268 Å². The van der Waals surface area contributed by atoms with E-state index in [4.69, 9.17) is 24.3 Å². The smallest absolute Gasteiger partial charge is 0.462 e. The Balaban J connectivity index is 4.03. The summed E-state index contributed by atoms with van der Waals surface area (Å²) in [4.78, 5) is 35.3. The lowest BCUT2D eigenvalue weighted by Crippen LogP contribution is -2.29. The van der Waals surface area contributed by atoms with Crippen LogP contribution >= 0.6 is 7.82 Å². The van der Waals surface area contributed by atoms with E-state index in [9.17, 15) is 19.0 Å². The maximum atomic E-state index is 12.7. The second-order valence-electron chi connectivity index (χ2n) is 20.5. The minimum atomic E-state index is -4.41. The van der Waals surface area contributed by atoms with Crippen molar-refractivity contribution in [2.24, 2.45) is 5.73 Å². The second kappa shape index (κ2) is 64.8. The van der Waals surface area contributed by atoms with E-state index >= 15 is 0 Å². The van der Waals surface area contributed by atoms with Crippen molar-refractivity contribution in [2.45, 2.75) is 251 Å². The number of carbonyl (C=O) groups is 2. The van der Waals surface area contributed by atoms with Crippen LogP contribution < -0.4 is 5.73 Å². The van der Waals surface area contributed by atoms with Crippen molar-refractivity contribution in [2.75, 3.05) is 26.4 Å². The number of hydrogen-bond acceptors (Lipinski definition) is 8. The number of carbonyl (C=O) groups excluding carboxylic acids is 2. The first-order chi connectivity index (χ1) is 39.8. The maximum Gasteiger partial charge on any atom is 0.472 e. The largest absolute Gasteiger partial charge is 0.472 e. The zero-order chi connectivity index (χ0) is 58.7. The highest BCUT2D eigenvalue weighted by Gasteiger charge is 2.26. The van der Waals surface area contributed by atoms with Gasteiger partial charge >= 0.3 is 19.8 Å². The first kappa shape index (κ1) is 76.6. The number of ether oxygens (including phenoxy) is 2. The number of phosphoric acid groups is 1. The van der Waals surface area contributed by atoms with Gasteiger partial charge in [0.05, 0.1) is 13.2 Å². The Labute approximate surface area is 496 Å². The molecule has 0 amide bonds. The standard InChI is InChI=1S/C71H116NO8P/c1-3-5-7-9-11-13-15-17-19-21-23-25-27-29-31-33-34-36-38-40-42-44-46-48-50-52-54-56-58-60-62-64-71(74)80-69(68-79-81(75,76)78-66-65-72)67-77-70(73)63-61-59-57-55-53-51-49-47-45-43-41-39-37-35-32-30-28-26-24-22-20-18-16-14-12-10-8-6-4-2/h5-8,11-14,17-20,23-26,29-32,34,36,40,42,46,48,69H,3-4,9-10,15-16,21-22,27-28,33,35,37-39,41,43-45,47,49-68,72H2,1-2H3,(H,75,76)/b7-5-,8-6-,13-11-,14-12-,19-17-,20-18-,25-23-,26-24-,31-29-,32-30-,36-34-,42-40-,48-46-. The van der Waals surface area contributed by atoms with E-state index < -0.39 is 32.5 Å². The molecule has 0 aromatic heterocycles. The fraction of sp³-hybridized carbons (Fsp3) is 0.606. The van der Waals surface area contributed by atoms with Gasteiger partial charge in [-0.3, -0.25) is 18.6 Å². The Kier molecular flexibility index (Phi) is 61.3. The van der Waals surface area contributed by atoms with Gasteiger partial charge in [0.25, 0.3) is 0 Å². The number of esters is 2. The summed E-state index contributed by atoms with van der Waals surface area (Å²) in [6.07, 6.45) is 94.4. The zero-order valence-electron chi connectivity index (χ0n) is 51.2. The first-order valence-electron chi connectivity index (χ1n) is 32.0. The van der Waals surface area contributed by atoms with Gasteiger partial charge in [-0.25, -0.2) is 4.57 Å². The quantitative estimate of drug-likeness (QED) is 0.0264. The predicted molar refractivity (Wildman–Crippen MR) is 348 cm³/mol. The van der Waals surface area contributed by atoms with Gasteiger partial charge in [0.15, 0.2) is 6.10 Å². The summed E-state index contributed by atoms with van der Waals surface area (Å²) < 4.78 is 33.1. The lowest BCUT2D eigenvalue weighted by atomic mass is 10.0. The summed E-state index contributed by atoms with van der Waals surface area (Å²) in [5.41, 5.74) is 5.39. The van der Waals surface area contributed by atoms with Gasteiger partial charge in [0, 0.05) is 19.4 Å². The summed E-state index contributed by atoms with van der Waals surface area (Å²) in [6.45, 7) is 3.49. The summed E-state index contributed by atoms with van der Waals surface area (Å²) in [6, 6.07) is 0. The predicted octanol–water partition coefficient (Wildman–Crippen LogP) is 20.8. The molecule has 0 saturated carbocycles. The van der Waals surface area contributed by atoms with Crippen LogP contribution in [0.2, 0.25) is 0 Å². The average molecular weight is 1140 g/mol. The molecule has 458 valence electrons. The number of rotatable bonds is 58. The minimum Gasteiger partial charge on any atom is -0.462 e. The highest BCUT2D eigenvalue weighted by atomic mass is 31.2. The molecule has 0 fully saturated rings. The van der Waals surface area contributed by atoms with E-state index in [1.165, 1.54) is 64.2 Å². The third kappa shape index (κ3) is 64.7. The molecule has 9 nitrogen and oxygen atoms in total. The van der Waals surface area contributed by atoms with Crippen molar-refractivity contribution in [3.63, 3.8) is 0 Å². The fourth-order valence-electron chi connectivity index (χ4n) is 8.27. The molecule has 0 aliphatic heterocycles. The molecular weight excluding hydrogens is 1030 g/mol. The van der Waals surface area contributed by atoms with Crippen molar-refractivity contribution < 1.29 is 37.6 Å². The molecule has 0 heterocycles. The lowest BCUT2D eigenvalue weighted by molar-refractivity contribution is -0.161. The lowest BCUT2D eigenvalue weighted by Gasteiger charge is -2.19. The normalized spacial score (nSPS) is 14.1. The molecule has 0 radical (unpaired) electrons. The van der Waals surface area contributed by atoms with Crippen LogP contribution in [0.3, 0.4) is 0 Å². The summed E-state index contributed by atoms with van der Waals surface area (Å²) in [5, 5.41) is 0. The van der Waals surface area contributed by atoms with E-state index in [-0.39, 0.29) is 32.6 Å². The van der Waals surface area contributed by atoms with Crippen LogP contribution in [0.1, 0.15) is 245 Å². The number of nitrogens with two attached hydrogens (primary N) is 1. The summed E-state index contributed by atoms with van der Waals surface area (Å²) in [7, 11) is -4.41. The average Bonchev–Trinajstić information content (AvgIpc) is 3.46. The molecule has 0 bridgehead atoms. The van der Waals surface area contributed by atoms with Gasteiger partial charge in [-0.15, -0.1) is 0 Å². The van der Waals surface area contributed by atoms with Crippen LogP contribution in [0.5, 0.6) is 0 Å². The van der Waals surface area contributed by atoms with Crippen molar-refractivity contribution in [1.82, 2.24) is 0 Å². The number of phosphoric ester groups is 1. The van der Waals surface area contributed by atoms with Gasteiger partial charge in [0.2, 0.25) is 0 Å². The minimum absolute atomic E-state index is 0.0424. The van der Waals surface area contributed by atoms with E-state index in [1.807, 2.05) is 0 Å². The highest BCUT2D eigenvalue weighted by molar-refractivity contribution is 7.47. The Morgan fingerprint density at radius 1 is 0.370 bits per heavy atom. The molecule has 0 aliphatic rings. The Morgan fingerprint density at radius 2 is 0.642 bits per heavy atom. The Morgan fingerprint density at radius 3 is 0.951 bits per heavy atom. The van der Waals surface area contributed by atoms with Gasteiger partial charge < -0.3 is 20.1 Å². The van der Waals surface area contributed by atoms with Crippen molar-refractivity contribution >= 4 is 19.8 Å². The SMILES string of the molecule is CC/C=C\C/C=C\C/C=C\C/C=C\C/C=C\C/C=C\C/C=C\C/C=C\CCCCCCCCC(=O)OC(COC(=O)CCCCCCCCCCCCCCC/C=C\C/C=C\C/C=C\C/C=C\C/C=C\CC)COP(=O)(O)OCCN. The number of allylic oxidation sites excluding steroid dienone is 26. The van der Waals surface area contributed by atoms with Gasteiger partial charge in [-0.05, 0) is 122 Å². The molecule has 0 aromatic carbocycles. The zero-order valence-corrected chi connectivity index (χ0v) is 52.1. The monoisotopic (exact) mass is 1140 g/mol. The Bertz CT molecular complexity index is 1880. The number of hydrogen-bond donors (Lipinski definition) is 2. The third-order valence-electron chi connectivity index (χ3n) is 12.9. The molecule has 3 N–H and O–H groups in total. The van der Waals surface area contributed by atoms with E-state index in [1.54, 1.807) is 0 Å². The van der Waals surface area contributed by atoms with Crippen LogP contribution in [0.4, 0.5) is 0 Å². The third-order valence-corrected chi connectivity index (χ3v) is 13.9. The first-order valence-corrected chi connectivity index (χ1v) is 33.5. The number of unbranched alkanes of at least 4 members (excludes halogenated alkanes) is 19. The van der Waals surface area contributed by atoms with Crippen molar-refractivity contribution in [3.8, 4) is 0 Å². The molecule has 0 aliphatic carbocycles. The van der Waals surface area contributed by atoms with Crippen LogP contribution in [-0.2, 0) is 32.7 Å². The van der Waals surface area contributed by atoms with Gasteiger partial charge in [-0.2, -0.15) is 0 Å². The molecule has 10 heteroatoms. The summed E-state index contributed by atoms with van der Waals surface area (Å²) in [5.74, 6) is -0.854. The second-order valence-corrected chi connectivity index (χ2v) is 22.0. The van der Waals surface area contributed by atoms with E-state index in [0.29, 0.717) is 6.42 Å². The van der Waals surface area contributed by atoms with Crippen LogP contribution in [-0.4, -0.2) is 49.3 Å². The van der Waals surface area contributed by atoms with E-state index in [0.717, 1.165) is 148 Å². The maximum absolute atomic E-state index is 12.7. The van der Waals surface area contributed by atoms with Crippen molar-refractivity contribution in [1.29, 1.82) is 0 Å². The molecule has 2 unspecified atom stereocenters. The Hall–Kier alpha value is -4.37. The van der Waals surface area contributed by atoms with Crippen molar-refractivity contribution in [3.05, 3.63) is 158 Å². The van der Waals surface area contributed by atoms with Crippen LogP contribution in [0.25, 0.3) is 0 Å². The fourth-order valence-corrected chi connectivity index (χ4v) is 9.03. The van der Waals surface area contributed by atoms with Gasteiger partial charge in [0.1, 0.15) is 6.61 Å². The molecule has 0 spiro atoms. The van der Waals surface area contributed by atoms with Crippen LogP contribution in [0.15, 0.2) is 158 Å². The molecule has 81 heavy (non-hydrogen) atoms. The summed E-state index contributed by atoms with van der Waals surface area (Å²) >= 11 is 0. The molecule has 0 aromatic rings. The van der Waals surface area contributed by atoms with Crippen LogP contribution in [0, 0.1) is 0 Å². The topological polar surface area (TPSA) is 134 Å². The molecule has 0 saturated heterocycles.